The maximum atomic E-state index is 10.4. The van der Waals surface area contributed by atoms with Crippen LogP contribution in [0.3, 0.4) is 0 Å². The van der Waals surface area contributed by atoms with E-state index in [1.54, 1.807) is 36.4 Å². The van der Waals surface area contributed by atoms with Gasteiger partial charge in [-0.15, -0.1) is 0 Å². The predicted octanol–water partition coefficient (Wildman–Crippen LogP) is 3.51. The van der Waals surface area contributed by atoms with Gasteiger partial charge in [0.15, 0.2) is 0 Å². The van der Waals surface area contributed by atoms with Crippen molar-refractivity contribution < 1.29 is 56.6 Å². The molecule has 5 rings (SSSR count). The van der Waals surface area contributed by atoms with Crippen molar-refractivity contribution in [3.8, 4) is 11.5 Å². The zero-order valence-electron chi connectivity index (χ0n) is 22.1. The third kappa shape index (κ3) is 8.21. The molecule has 0 spiro atoms. The first kappa shape index (κ1) is 31.2. The second-order valence-electron chi connectivity index (χ2n) is 8.09. The number of methoxy groups -OCH3 is 2. The summed E-state index contributed by atoms with van der Waals surface area (Å²) in [5.41, 5.74) is 4.22. The number of hydrogen-bond acceptors (Lipinski definition) is 8. The summed E-state index contributed by atoms with van der Waals surface area (Å²) in [4.78, 5) is 29.9. The summed E-state index contributed by atoms with van der Waals surface area (Å²) < 4.78 is 9.57. The molecule has 2 heterocycles. The van der Waals surface area contributed by atoms with Crippen molar-refractivity contribution in [3.05, 3.63) is 107 Å². The second-order valence-corrected chi connectivity index (χ2v) is 8.09. The quantitative estimate of drug-likeness (QED) is 0.220. The Kier molecular flexibility index (Phi) is 11.8. The van der Waals surface area contributed by atoms with Gasteiger partial charge < -0.3 is 29.3 Å². The molecule has 2 aromatic heterocycles. The summed E-state index contributed by atoms with van der Waals surface area (Å²) in [7, 11) is 2.84. The molecule has 0 bridgehead atoms. The number of fused-ring (bicyclic) bond motifs is 3. The Hall–Kier alpha value is -4.06. The molecule has 0 aliphatic rings. The molecule has 9 heteroatoms. The average molecular weight is 623 g/mol. The summed E-state index contributed by atoms with van der Waals surface area (Å²) in [5.74, 6) is -1.79. The van der Waals surface area contributed by atoms with Gasteiger partial charge in [-0.05, 0) is 50.2 Å². The third-order valence-corrected chi connectivity index (χ3v) is 5.45. The van der Waals surface area contributed by atoms with Crippen molar-refractivity contribution in [3.63, 3.8) is 0 Å². The summed E-state index contributed by atoms with van der Waals surface area (Å²) >= 11 is 0. The maximum absolute atomic E-state index is 10.4. The minimum atomic E-state index is -1.22. The average Bonchev–Trinajstić information content (AvgIpc) is 2.93. The summed E-state index contributed by atoms with van der Waals surface area (Å²) in [5, 5.41) is 23.1. The van der Waals surface area contributed by atoms with Crippen molar-refractivity contribution in [2.24, 2.45) is 0 Å². The molecule has 0 aliphatic carbocycles. The van der Waals surface area contributed by atoms with Crippen LogP contribution >= 0.6 is 0 Å². The number of ether oxygens (including phenoxy) is 2. The SMILES string of the molecule is COc1ccccc1C(=O)[O-].COc1ccccc1C(=O)[O-].Cc1ccc2ccc3ccc(C)nc3c2n1.[Cd+2]. The van der Waals surface area contributed by atoms with Crippen molar-refractivity contribution >= 4 is 33.7 Å². The van der Waals surface area contributed by atoms with Crippen LogP contribution in [0, 0.1) is 13.8 Å². The fourth-order valence-electron chi connectivity index (χ4n) is 3.59. The first-order valence-electron chi connectivity index (χ1n) is 11.6. The molecular formula is C30H26CdN2O6. The van der Waals surface area contributed by atoms with Crippen molar-refractivity contribution in [2.45, 2.75) is 13.8 Å². The van der Waals surface area contributed by atoms with Crippen LogP contribution < -0.4 is 19.7 Å². The third-order valence-electron chi connectivity index (χ3n) is 5.45. The number of aromatic carboxylic acids is 2. The number of rotatable bonds is 4. The number of benzene rings is 3. The zero-order chi connectivity index (χ0) is 27.7. The Balaban J connectivity index is 0.000000209. The summed E-state index contributed by atoms with van der Waals surface area (Å²) in [6, 6.07) is 25.1. The normalized spacial score (nSPS) is 9.74. The fraction of sp³-hybridized carbons (Fsp3) is 0.133. The number of nitrogens with zero attached hydrogens (tertiary/aromatic N) is 2. The first-order valence-corrected chi connectivity index (χ1v) is 11.6. The van der Waals surface area contributed by atoms with Gasteiger partial charge in [-0.25, -0.2) is 0 Å². The van der Waals surface area contributed by atoms with Crippen LogP contribution in [0.25, 0.3) is 21.8 Å². The van der Waals surface area contributed by atoms with Gasteiger partial charge in [0.2, 0.25) is 0 Å². The molecule has 5 aromatic rings. The van der Waals surface area contributed by atoms with Crippen LogP contribution in [0.15, 0.2) is 84.9 Å². The number of carbonyl (C=O) groups is 2. The molecule has 8 nitrogen and oxygen atoms in total. The number of carboxylic acid groups (broad SMARTS) is 2. The van der Waals surface area contributed by atoms with Gasteiger partial charge in [-0.3, -0.25) is 9.97 Å². The molecule has 0 amide bonds. The van der Waals surface area contributed by atoms with E-state index in [9.17, 15) is 19.8 Å². The Labute approximate surface area is 246 Å². The van der Waals surface area contributed by atoms with E-state index < -0.39 is 11.9 Å². The first-order chi connectivity index (χ1) is 18.2. The smallest absolute Gasteiger partial charge is 0.545 e. The molecular weight excluding hydrogens is 597 g/mol. The minimum Gasteiger partial charge on any atom is -0.545 e. The monoisotopic (exact) mass is 624 g/mol. The van der Waals surface area contributed by atoms with Crippen LogP contribution in [0.1, 0.15) is 32.1 Å². The van der Waals surface area contributed by atoms with E-state index in [0.29, 0.717) is 11.5 Å². The van der Waals surface area contributed by atoms with Crippen molar-refractivity contribution in [2.75, 3.05) is 14.2 Å². The van der Waals surface area contributed by atoms with E-state index in [0.717, 1.165) is 33.2 Å². The zero-order valence-corrected chi connectivity index (χ0v) is 26.2. The Morgan fingerprint density at radius 3 is 1.23 bits per heavy atom. The molecule has 0 saturated carbocycles. The van der Waals surface area contributed by atoms with Crippen molar-refractivity contribution in [1.82, 2.24) is 9.97 Å². The van der Waals surface area contributed by atoms with Crippen LogP contribution in [0.5, 0.6) is 11.5 Å². The predicted molar refractivity (Wildman–Crippen MR) is 141 cm³/mol. The van der Waals surface area contributed by atoms with E-state index in [4.69, 9.17) is 9.47 Å². The number of carboxylic acids is 2. The van der Waals surface area contributed by atoms with E-state index >= 15 is 0 Å². The molecule has 0 unspecified atom stereocenters. The molecule has 0 atom stereocenters. The Morgan fingerprint density at radius 2 is 0.923 bits per heavy atom. The molecule has 0 N–H and O–H groups in total. The number of carbonyl (C=O) groups excluding carboxylic acids is 2. The number of pyridine rings is 2. The van der Waals surface area contributed by atoms with Gasteiger partial charge in [0, 0.05) is 33.3 Å². The van der Waals surface area contributed by atoms with Gasteiger partial charge in [0.05, 0.1) is 37.2 Å². The topological polar surface area (TPSA) is 124 Å². The Bertz CT molecular complexity index is 1470. The minimum absolute atomic E-state index is 0. The molecule has 0 fully saturated rings. The van der Waals surface area contributed by atoms with Crippen LogP contribution in [0.2, 0.25) is 0 Å². The standard InChI is InChI=1S/C14H12N2.2C8H8O3.Cd/c1-9-3-5-11-7-8-12-6-4-10(2)16-14(12)13(11)15-9;2*1-11-7-5-3-2-4-6(7)8(9)10;/h3-8H,1-2H3;2*2-5H,1H3,(H,9,10);/q;;;+2/p-2. The molecule has 0 aliphatic heterocycles. The van der Waals surface area contributed by atoms with Gasteiger partial charge in [0.1, 0.15) is 11.5 Å². The maximum Gasteiger partial charge on any atom is 2.00 e. The van der Waals surface area contributed by atoms with Gasteiger partial charge >= 0.3 is 27.3 Å². The molecule has 194 valence electrons. The largest absolute Gasteiger partial charge is 2.00 e. The van der Waals surface area contributed by atoms with E-state index in [1.807, 2.05) is 26.0 Å². The van der Waals surface area contributed by atoms with E-state index in [-0.39, 0.29) is 38.4 Å². The number of aromatic nitrogens is 2. The molecule has 0 radical (unpaired) electrons. The van der Waals surface area contributed by atoms with Crippen LogP contribution in [0.4, 0.5) is 0 Å². The Morgan fingerprint density at radius 1 is 0.590 bits per heavy atom. The van der Waals surface area contributed by atoms with Crippen LogP contribution in [-0.2, 0) is 27.3 Å². The van der Waals surface area contributed by atoms with Gasteiger partial charge in [0.25, 0.3) is 0 Å². The molecule has 0 saturated heterocycles. The summed E-state index contributed by atoms with van der Waals surface area (Å²) in [6.45, 7) is 4.02. The second kappa shape index (κ2) is 14.8. The van der Waals surface area contributed by atoms with Gasteiger partial charge in [-0.1, -0.05) is 48.5 Å². The van der Waals surface area contributed by atoms with E-state index in [2.05, 4.69) is 34.2 Å². The summed E-state index contributed by atoms with van der Waals surface area (Å²) in [6.07, 6.45) is 0. The molecule has 39 heavy (non-hydrogen) atoms. The number of aryl methyl sites for hydroxylation is 2. The fourth-order valence-corrected chi connectivity index (χ4v) is 3.59. The van der Waals surface area contributed by atoms with Crippen molar-refractivity contribution in [1.29, 1.82) is 0 Å². The number of hydrogen-bond donors (Lipinski definition) is 0. The van der Waals surface area contributed by atoms with E-state index in [1.165, 1.54) is 26.4 Å². The van der Waals surface area contributed by atoms with Gasteiger partial charge in [-0.2, -0.15) is 0 Å². The van der Waals surface area contributed by atoms with Crippen LogP contribution in [-0.4, -0.2) is 36.1 Å². The molecule has 3 aromatic carbocycles. The number of para-hydroxylation sites is 2.